The van der Waals surface area contributed by atoms with E-state index < -0.39 is 0 Å². The molecule has 1 fully saturated rings. The summed E-state index contributed by atoms with van der Waals surface area (Å²) in [5.41, 5.74) is 2.16. The van der Waals surface area contributed by atoms with E-state index in [-0.39, 0.29) is 11.9 Å². The first kappa shape index (κ1) is 13.6. The van der Waals surface area contributed by atoms with E-state index >= 15 is 0 Å². The Morgan fingerprint density at radius 2 is 2.28 bits per heavy atom. The van der Waals surface area contributed by atoms with Crippen LogP contribution < -0.4 is 10.2 Å². The maximum atomic E-state index is 12.3. The first-order valence-corrected chi connectivity index (χ1v) is 7.23. The number of carbonyl (C=O) groups excluding carboxylic acids is 1. The number of hydrogen-bond acceptors (Lipinski definition) is 2. The van der Waals surface area contributed by atoms with Gasteiger partial charge in [-0.2, -0.15) is 0 Å². The molecule has 2 rings (SSSR count). The molecule has 1 saturated heterocycles. The maximum Gasteiger partial charge on any atom is 0.244 e. The molecule has 1 amide bonds. The Labute approximate surface area is 117 Å². The van der Waals surface area contributed by atoms with Crippen molar-refractivity contribution in [3.63, 3.8) is 0 Å². The molecule has 0 radical (unpaired) electrons. The lowest BCUT2D eigenvalue weighted by molar-refractivity contribution is -0.118. The second kappa shape index (κ2) is 5.85. The number of aryl methyl sites for hydroxylation is 1. The van der Waals surface area contributed by atoms with Gasteiger partial charge in [0.2, 0.25) is 5.91 Å². The summed E-state index contributed by atoms with van der Waals surface area (Å²) in [4.78, 5) is 14.2. The van der Waals surface area contributed by atoms with Gasteiger partial charge < -0.3 is 10.2 Å². The van der Waals surface area contributed by atoms with E-state index in [9.17, 15) is 4.79 Å². The van der Waals surface area contributed by atoms with Crippen LogP contribution in [0.15, 0.2) is 22.7 Å². The molecule has 0 aromatic heterocycles. The average molecular weight is 311 g/mol. The van der Waals surface area contributed by atoms with Gasteiger partial charge >= 0.3 is 0 Å². The third-order valence-corrected chi connectivity index (χ3v) is 3.79. The summed E-state index contributed by atoms with van der Waals surface area (Å²) in [6.45, 7) is 5.87. The zero-order valence-corrected chi connectivity index (χ0v) is 12.5. The smallest absolute Gasteiger partial charge is 0.244 e. The molecule has 1 aromatic carbocycles. The van der Waals surface area contributed by atoms with Crippen molar-refractivity contribution in [2.45, 2.75) is 32.7 Å². The van der Waals surface area contributed by atoms with Crippen molar-refractivity contribution in [3.05, 3.63) is 28.2 Å². The van der Waals surface area contributed by atoms with Gasteiger partial charge in [-0.15, -0.1) is 0 Å². The molecule has 18 heavy (non-hydrogen) atoms. The van der Waals surface area contributed by atoms with Crippen LogP contribution in [0, 0.1) is 6.92 Å². The number of carbonyl (C=O) groups is 1. The first-order chi connectivity index (χ1) is 8.63. The molecule has 1 unspecified atom stereocenters. The topological polar surface area (TPSA) is 32.3 Å². The van der Waals surface area contributed by atoms with Crippen molar-refractivity contribution in [1.29, 1.82) is 0 Å². The third-order valence-electron chi connectivity index (χ3n) is 3.30. The summed E-state index contributed by atoms with van der Waals surface area (Å²) in [6.07, 6.45) is 1.95. The lowest BCUT2D eigenvalue weighted by Gasteiger charge is -2.19. The van der Waals surface area contributed by atoms with Crippen LogP contribution in [-0.4, -0.2) is 25.0 Å². The fraction of sp³-hybridized carbons (Fsp3) is 0.500. The fourth-order valence-corrected chi connectivity index (χ4v) is 2.82. The van der Waals surface area contributed by atoms with Crippen molar-refractivity contribution < 1.29 is 4.79 Å². The van der Waals surface area contributed by atoms with Crippen molar-refractivity contribution >= 4 is 27.5 Å². The molecular weight excluding hydrogens is 292 g/mol. The largest absolute Gasteiger partial charge is 0.311 e. The minimum atomic E-state index is -0.00648. The number of benzene rings is 1. The second-order valence-corrected chi connectivity index (χ2v) is 5.63. The van der Waals surface area contributed by atoms with Crippen LogP contribution in [0.3, 0.4) is 0 Å². The lowest BCUT2D eigenvalue weighted by atomic mass is 10.2. The molecular formula is C14H19BrN2O. The lowest BCUT2D eigenvalue weighted by Crippen LogP contribution is -2.38. The van der Waals surface area contributed by atoms with Crippen LogP contribution in [0.1, 0.15) is 25.3 Å². The predicted octanol–water partition coefficient (Wildman–Crippen LogP) is 2.86. The molecule has 3 nitrogen and oxygen atoms in total. The average Bonchev–Trinajstić information content (AvgIpc) is 2.68. The van der Waals surface area contributed by atoms with Crippen molar-refractivity contribution in [3.8, 4) is 0 Å². The van der Waals surface area contributed by atoms with E-state index in [0.717, 1.165) is 41.7 Å². The highest BCUT2D eigenvalue weighted by Gasteiger charge is 2.32. The Kier molecular flexibility index (Phi) is 4.40. The number of amides is 1. The fourth-order valence-electron chi connectivity index (χ4n) is 2.35. The van der Waals surface area contributed by atoms with Crippen LogP contribution in [0.25, 0.3) is 0 Å². The molecule has 0 bridgehead atoms. The van der Waals surface area contributed by atoms with E-state index in [1.807, 2.05) is 24.0 Å². The van der Waals surface area contributed by atoms with Crippen LogP contribution in [-0.2, 0) is 4.79 Å². The standard InChI is InChI=1S/C14H19BrN2O/c1-3-7-16-12-6-8-17(14(12)18)13-5-4-11(15)9-10(13)2/h4-5,9,12,16H,3,6-8H2,1-2H3. The molecule has 1 heterocycles. The van der Waals surface area contributed by atoms with E-state index in [1.165, 1.54) is 0 Å². The van der Waals surface area contributed by atoms with Gasteiger partial charge in [0.15, 0.2) is 0 Å². The number of halogens is 1. The minimum absolute atomic E-state index is 0.00648. The van der Waals surface area contributed by atoms with E-state index in [4.69, 9.17) is 0 Å². The second-order valence-electron chi connectivity index (χ2n) is 4.72. The first-order valence-electron chi connectivity index (χ1n) is 6.44. The van der Waals surface area contributed by atoms with Gasteiger partial charge in [-0.1, -0.05) is 22.9 Å². The zero-order valence-electron chi connectivity index (χ0n) is 10.9. The maximum absolute atomic E-state index is 12.3. The summed E-state index contributed by atoms with van der Waals surface area (Å²) < 4.78 is 1.05. The molecule has 0 aliphatic carbocycles. The highest BCUT2D eigenvalue weighted by Crippen LogP contribution is 2.27. The summed E-state index contributed by atoms with van der Waals surface area (Å²) in [6, 6.07) is 6.05. The SMILES string of the molecule is CCCNC1CCN(c2ccc(Br)cc2C)C1=O. The Hall–Kier alpha value is -0.870. The molecule has 0 spiro atoms. The summed E-state index contributed by atoms with van der Waals surface area (Å²) in [5, 5.41) is 3.31. The van der Waals surface area contributed by atoms with Gasteiger partial charge in [0.25, 0.3) is 0 Å². The van der Waals surface area contributed by atoms with E-state index in [1.54, 1.807) is 0 Å². The number of nitrogens with one attached hydrogen (secondary N) is 1. The van der Waals surface area contributed by atoms with Gasteiger partial charge in [0.05, 0.1) is 6.04 Å². The Morgan fingerprint density at radius 3 is 2.94 bits per heavy atom. The molecule has 0 saturated carbocycles. The number of rotatable bonds is 4. The number of hydrogen-bond donors (Lipinski definition) is 1. The summed E-state index contributed by atoms with van der Waals surface area (Å²) >= 11 is 3.45. The van der Waals surface area contributed by atoms with Crippen molar-refractivity contribution in [2.24, 2.45) is 0 Å². The van der Waals surface area contributed by atoms with Crippen molar-refractivity contribution in [2.75, 3.05) is 18.0 Å². The highest BCUT2D eigenvalue weighted by molar-refractivity contribution is 9.10. The molecule has 4 heteroatoms. The van der Waals surface area contributed by atoms with E-state index in [0.29, 0.717) is 0 Å². The predicted molar refractivity (Wildman–Crippen MR) is 77.9 cm³/mol. The van der Waals surface area contributed by atoms with Gasteiger partial charge in [0.1, 0.15) is 0 Å². The summed E-state index contributed by atoms with van der Waals surface area (Å²) in [5.74, 6) is 0.203. The van der Waals surface area contributed by atoms with Gasteiger partial charge in [-0.3, -0.25) is 4.79 Å². The Balaban J connectivity index is 2.13. The molecule has 1 N–H and O–H groups in total. The monoisotopic (exact) mass is 310 g/mol. The highest BCUT2D eigenvalue weighted by atomic mass is 79.9. The minimum Gasteiger partial charge on any atom is -0.311 e. The van der Waals surface area contributed by atoms with Crippen LogP contribution in [0.2, 0.25) is 0 Å². The molecule has 1 aliphatic heterocycles. The Morgan fingerprint density at radius 1 is 1.50 bits per heavy atom. The molecule has 98 valence electrons. The van der Waals surface area contributed by atoms with E-state index in [2.05, 4.69) is 34.2 Å². The molecule has 1 atom stereocenters. The normalized spacial score (nSPS) is 19.6. The zero-order chi connectivity index (χ0) is 13.1. The van der Waals surface area contributed by atoms with Gasteiger partial charge in [-0.25, -0.2) is 0 Å². The van der Waals surface area contributed by atoms with Gasteiger partial charge in [0, 0.05) is 16.7 Å². The van der Waals surface area contributed by atoms with Crippen LogP contribution >= 0.6 is 15.9 Å². The number of nitrogens with zero attached hydrogens (tertiary/aromatic N) is 1. The molecule has 1 aliphatic rings. The number of anilines is 1. The van der Waals surface area contributed by atoms with Crippen LogP contribution in [0.5, 0.6) is 0 Å². The quantitative estimate of drug-likeness (QED) is 0.927. The van der Waals surface area contributed by atoms with Crippen LogP contribution in [0.4, 0.5) is 5.69 Å². The van der Waals surface area contributed by atoms with Gasteiger partial charge in [-0.05, 0) is 50.1 Å². The summed E-state index contributed by atoms with van der Waals surface area (Å²) in [7, 11) is 0. The molecule has 1 aromatic rings. The Bertz CT molecular complexity index is 447. The van der Waals surface area contributed by atoms with Crippen molar-refractivity contribution in [1.82, 2.24) is 5.32 Å². The third kappa shape index (κ3) is 2.75.